The van der Waals surface area contributed by atoms with Gasteiger partial charge in [-0.2, -0.15) is 0 Å². The van der Waals surface area contributed by atoms with Gasteiger partial charge in [0.1, 0.15) is 0 Å². The number of ketones is 1. The van der Waals surface area contributed by atoms with Gasteiger partial charge in [0, 0.05) is 25.5 Å². The fraction of sp³-hybridized carbons (Fsp3) is 0.333. The molecule has 0 aliphatic heterocycles. The van der Waals surface area contributed by atoms with Crippen LogP contribution in [0.5, 0.6) is 0 Å². The van der Waals surface area contributed by atoms with Gasteiger partial charge in [0.15, 0.2) is 5.78 Å². The van der Waals surface area contributed by atoms with Crippen molar-refractivity contribution in [3.63, 3.8) is 0 Å². The maximum absolute atomic E-state index is 11.7. The molecule has 1 aromatic carbocycles. The van der Waals surface area contributed by atoms with E-state index in [1.165, 1.54) is 0 Å². The number of aryl methyl sites for hydroxylation is 1. The summed E-state index contributed by atoms with van der Waals surface area (Å²) in [7, 11) is 1.55. The molecule has 0 heterocycles. The standard InChI is InChI=1S/C12H14ClNO2/c1-8-3-4-9(10(13)7-8)11(15)5-6-12(16)14-2/h3-4,7H,5-6H2,1-2H3,(H,14,16). The van der Waals surface area contributed by atoms with Crippen LogP contribution in [-0.4, -0.2) is 18.7 Å². The molecule has 3 nitrogen and oxygen atoms in total. The zero-order valence-corrected chi connectivity index (χ0v) is 10.1. The fourth-order valence-corrected chi connectivity index (χ4v) is 1.67. The second kappa shape index (κ2) is 5.66. The number of Topliss-reactive ketones (excluding diaryl/α,β-unsaturated/α-hetero) is 1. The zero-order valence-electron chi connectivity index (χ0n) is 9.34. The van der Waals surface area contributed by atoms with Crippen molar-refractivity contribution in [2.75, 3.05) is 7.05 Å². The number of halogens is 1. The van der Waals surface area contributed by atoms with Gasteiger partial charge < -0.3 is 5.32 Å². The molecular formula is C12H14ClNO2. The molecule has 1 amide bonds. The Labute approximate surface area is 99.8 Å². The van der Waals surface area contributed by atoms with E-state index in [4.69, 9.17) is 11.6 Å². The highest BCUT2D eigenvalue weighted by molar-refractivity contribution is 6.34. The van der Waals surface area contributed by atoms with E-state index in [-0.39, 0.29) is 24.5 Å². The number of amides is 1. The zero-order chi connectivity index (χ0) is 12.1. The van der Waals surface area contributed by atoms with E-state index in [0.29, 0.717) is 10.6 Å². The molecule has 0 aromatic heterocycles. The number of benzene rings is 1. The molecule has 1 rings (SSSR count). The minimum atomic E-state index is -0.142. The highest BCUT2D eigenvalue weighted by Gasteiger charge is 2.11. The normalized spacial score (nSPS) is 9.94. The second-order valence-corrected chi connectivity index (χ2v) is 3.99. The highest BCUT2D eigenvalue weighted by Crippen LogP contribution is 2.19. The van der Waals surface area contributed by atoms with Crippen molar-refractivity contribution in [3.05, 3.63) is 34.3 Å². The van der Waals surface area contributed by atoms with Gasteiger partial charge >= 0.3 is 0 Å². The summed E-state index contributed by atoms with van der Waals surface area (Å²) in [6.07, 6.45) is 0.377. The molecule has 1 aromatic rings. The van der Waals surface area contributed by atoms with Gasteiger partial charge in [0.05, 0.1) is 5.02 Å². The Morgan fingerprint density at radius 1 is 1.31 bits per heavy atom. The first-order valence-electron chi connectivity index (χ1n) is 5.04. The third-order valence-corrected chi connectivity index (χ3v) is 2.60. The van der Waals surface area contributed by atoms with Crippen LogP contribution in [0.1, 0.15) is 28.8 Å². The molecule has 0 saturated carbocycles. The Morgan fingerprint density at radius 2 is 2.00 bits per heavy atom. The Kier molecular flexibility index (Phi) is 4.50. The molecule has 0 radical (unpaired) electrons. The van der Waals surface area contributed by atoms with E-state index in [9.17, 15) is 9.59 Å². The predicted molar refractivity (Wildman–Crippen MR) is 63.8 cm³/mol. The van der Waals surface area contributed by atoms with E-state index in [1.807, 2.05) is 13.0 Å². The van der Waals surface area contributed by atoms with E-state index in [1.54, 1.807) is 19.2 Å². The van der Waals surface area contributed by atoms with E-state index in [2.05, 4.69) is 5.32 Å². The van der Waals surface area contributed by atoms with Crippen molar-refractivity contribution in [2.45, 2.75) is 19.8 Å². The summed E-state index contributed by atoms with van der Waals surface area (Å²) < 4.78 is 0. The summed E-state index contributed by atoms with van der Waals surface area (Å²) in [5.74, 6) is -0.245. The lowest BCUT2D eigenvalue weighted by molar-refractivity contribution is -0.120. The largest absolute Gasteiger partial charge is 0.359 e. The minimum absolute atomic E-state index is 0.103. The first-order chi connectivity index (χ1) is 7.54. The van der Waals surface area contributed by atoms with Crippen LogP contribution in [-0.2, 0) is 4.79 Å². The molecule has 1 N–H and O–H groups in total. The highest BCUT2D eigenvalue weighted by atomic mass is 35.5. The summed E-state index contributed by atoms with van der Waals surface area (Å²) in [6.45, 7) is 1.91. The van der Waals surface area contributed by atoms with Crippen molar-refractivity contribution in [3.8, 4) is 0 Å². The number of carbonyl (C=O) groups excluding carboxylic acids is 2. The molecule has 0 spiro atoms. The van der Waals surface area contributed by atoms with Gasteiger partial charge in [-0.15, -0.1) is 0 Å². The van der Waals surface area contributed by atoms with Crippen LogP contribution in [0.15, 0.2) is 18.2 Å². The van der Waals surface area contributed by atoms with Crippen molar-refractivity contribution >= 4 is 23.3 Å². The van der Waals surface area contributed by atoms with Gasteiger partial charge in [-0.25, -0.2) is 0 Å². The van der Waals surface area contributed by atoms with Crippen LogP contribution < -0.4 is 5.32 Å². The fourth-order valence-electron chi connectivity index (χ4n) is 1.33. The van der Waals surface area contributed by atoms with Crippen LogP contribution in [0.25, 0.3) is 0 Å². The van der Waals surface area contributed by atoms with Crippen LogP contribution in [0.4, 0.5) is 0 Å². The first kappa shape index (κ1) is 12.7. The monoisotopic (exact) mass is 239 g/mol. The molecular weight excluding hydrogens is 226 g/mol. The molecule has 0 fully saturated rings. The molecule has 0 bridgehead atoms. The minimum Gasteiger partial charge on any atom is -0.359 e. The Hall–Kier alpha value is -1.35. The first-order valence-corrected chi connectivity index (χ1v) is 5.42. The lowest BCUT2D eigenvalue weighted by atomic mass is 10.0. The number of hydrogen-bond acceptors (Lipinski definition) is 2. The van der Waals surface area contributed by atoms with Crippen LogP contribution >= 0.6 is 11.6 Å². The third-order valence-electron chi connectivity index (χ3n) is 2.28. The molecule has 0 aliphatic carbocycles. The molecule has 86 valence electrons. The molecule has 0 saturated heterocycles. The van der Waals surface area contributed by atoms with E-state index >= 15 is 0 Å². The van der Waals surface area contributed by atoms with Gasteiger partial charge in [-0.05, 0) is 24.6 Å². The summed E-state index contributed by atoms with van der Waals surface area (Å²) in [5.41, 5.74) is 1.49. The molecule has 0 aliphatic rings. The molecule has 4 heteroatoms. The van der Waals surface area contributed by atoms with Gasteiger partial charge in [-0.3, -0.25) is 9.59 Å². The summed E-state index contributed by atoms with van der Waals surface area (Å²) in [4.78, 5) is 22.7. The average molecular weight is 240 g/mol. The summed E-state index contributed by atoms with van der Waals surface area (Å²) in [6, 6.07) is 5.28. The Balaban J connectivity index is 2.70. The van der Waals surface area contributed by atoms with E-state index < -0.39 is 0 Å². The number of nitrogens with one attached hydrogen (secondary N) is 1. The molecule has 0 atom stereocenters. The van der Waals surface area contributed by atoms with Crippen molar-refractivity contribution in [2.24, 2.45) is 0 Å². The number of hydrogen-bond donors (Lipinski definition) is 1. The second-order valence-electron chi connectivity index (χ2n) is 3.58. The van der Waals surface area contributed by atoms with Gasteiger partial charge in [0.2, 0.25) is 5.91 Å². The van der Waals surface area contributed by atoms with Crippen LogP contribution in [0.2, 0.25) is 5.02 Å². The van der Waals surface area contributed by atoms with Crippen molar-refractivity contribution in [1.82, 2.24) is 5.32 Å². The maximum atomic E-state index is 11.7. The summed E-state index contributed by atoms with van der Waals surface area (Å²) >= 11 is 5.95. The summed E-state index contributed by atoms with van der Waals surface area (Å²) in [5, 5.41) is 2.92. The van der Waals surface area contributed by atoms with E-state index in [0.717, 1.165) is 5.56 Å². The van der Waals surface area contributed by atoms with Crippen molar-refractivity contribution < 1.29 is 9.59 Å². The lowest BCUT2D eigenvalue weighted by Crippen LogP contribution is -2.18. The maximum Gasteiger partial charge on any atom is 0.220 e. The third kappa shape index (κ3) is 3.35. The Bertz CT molecular complexity index is 415. The average Bonchev–Trinajstić information content (AvgIpc) is 2.25. The van der Waals surface area contributed by atoms with Gasteiger partial charge in [0.25, 0.3) is 0 Å². The number of carbonyl (C=O) groups is 2. The van der Waals surface area contributed by atoms with Crippen molar-refractivity contribution in [1.29, 1.82) is 0 Å². The topological polar surface area (TPSA) is 46.2 Å². The Morgan fingerprint density at radius 3 is 2.56 bits per heavy atom. The lowest BCUT2D eigenvalue weighted by Gasteiger charge is -2.04. The van der Waals surface area contributed by atoms with Crippen LogP contribution in [0.3, 0.4) is 0 Å². The predicted octanol–water partition coefficient (Wildman–Crippen LogP) is 2.36. The smallest absolute Gasteiger partial charge is 0.220 e. The molecule has 16 heavy (non-hydrogen) atoms. The SMILES string of the molecule is CNC(=O)CCC(=O)c1ccc(C)cc1Cl. The quantitative estimate of drug-likeness (QED) is 0.820. The van der Waals surface area contributed by atoms with Gasteiger partial charge in [-0.1, -0.05) is 17.7 Å². The van der Waals surface area contributed by atoms with Crippen LogP contribution in [0, 0.1) is 6.92 Å². The number of rotatable bonds is 4. The molecule has 0 unspecified atom stereocenters.